The minimum absolute atomic E-state index is 0. The van der Waals surface area contributed by atoms with E-state index in [1.165, 1.54) is 17.1 Å². The quantitative estimate of drug-likeness (QED) is 0.395. The number of aromatic hydroxyl groups is 1. The second-order valence-corrected chi connectivity index (χ2v) is 8.46. The van der Waals surface area contributed by atoms with Crippen molar-refractivity contribution in [2.45, 2.75) is 26.2 Å². The van der Waals surface area contributed by atoms with Crippen LogP contribution in [0.4, 0.5) is 17.1 Å². The Labute approximate surface area is 193 Å². The molecular weight excluding hydrogens is 436 g/mol. The van der Waals surface area contributed by atoms with Crippen LogP contribution >= 0.6 is 12.4 Å². The van der Waals surface area contributed by atoms with Crippen molar-refractivity contribution in [3.8, 4) is 11.5 Å². The first-order valence-electron chi connectivity index (χ1n) is 10.1. The molecule has 1 aliphatic rings. The molecule has 2 aromatic carbocycles. The summed E-state index contributed by atoms with van der Waals surface area (Å²) in [5.74, 6) is 0.618. The van der Waals surface area contributed by atoms with Gasteiger partial charge in [0.25, 0.3) is 5.69 Å². The number of hydrogen-bond donors (Lipinski definition) is 1. The number of amides is 1. The Morgan fingerprint density at radius 1 is 1.12 bits per heavy atom. The molecule has 0 radical (unpaired) electrons. The molecule has 10 heteroatoms. The normalized spacial score (nSPS) is 14.4. The fraction of sp³-hybridized carbons (Fsp3) is 0.409. The van der Waals surface area contributed by atoms with Crippen molar-refractivity contribution in [2.24, 2.45) is 0 Å². The van der Waals surface area contributed by atoms with E-state index in [2.05, 4.69) is 4.90 Å². The molecule has 174 valence electrons. The van der Waals surface area contributed by atoms with Gasteiger partial charge >= 0.3 is 0 Å². The highest BCUT2D eigenvalue weighted by molar-refractivity contribution is 5.85. The van der Waals surface area contributed by atoms with Crippen LogP contribution in [0.15, 0.2) is 36.4 Å². The number of nitrogens with zero attached hydrogens (tertiary/aromatic N) is 4. The van der Waals surface area contributed by atoms with Gasteiger partial charge in [-0.05, 0) is 23.6 Å². The van der Waals surface area contributed by atoms with E-state index < -0.39 is 4.92 Å². The molecule has 1 saturated heterocycles. The third-order valence-electron chi connectivity index (χ3n) is 5.44. The standard InChI is InChI=1S/C22H28N4O5.ClH/c1-22(2,3)19-13-18(31-4)14-20(21(19)28)25(15-27)24-11-9-23(10-12-24)16-5-7-17(8-6-16)26(29)30;/h5-8,13-15,28H,9-12H2,1-4H3;1H. The lowest BCUT2D eigenvalue weighted by molar-refractivity contribution is -0.384. The van der Waals surface area contributed by atoms with Crippen LogP contribution in [0.5, 0.6) is 11.5 Å². The van der Waals surface area contributed by atoms with Crippen LogP contribution in [0, 0.1) is 10.1 Å². The Morgan fingerprint density at radius 3 is 2.19 bits per heavy atom. The Balaban J connectivity index is 0.00000363. The fourth-order valence-electron chi connectivity index (χ4n) is 3.69. The second-order valence-electron chi connectivity index (χ2n) is 8.46. The summed E-state index contributed by atoms with van der Waals surface area (Å²) in [6, 6.07) is 9.88. The monoisotopic (exact) mass is 464 g/mol. The van der Waals surface area contributed by atoms with Gasteiger partial charge in [0.2, 0.25) is 6.41 Å². The number of benzene rings is 2. The fourth-order valence-corrected chi connectivity index (χ4v) is 3.69. The first-order chi connectivity index (χ1) is 14.7. The van der Waals surface area contributed by atoms with Crippen LogP contribution in [0.1, 0.15) is 26.3 Å². The molecule has 1 fully saturated rings. The topological polar surface area (TPSA) is 99.4 Å². The molecule has 0 bridgehead atoms. The number of phenols is 1. The molecule has 1 heterocycles. The highest BCUT2D eigenvalue weighted by atomic mass is 35.5. The number of phenolic OH excluding ortho intramolecular Hbond substituents is 1. The van der Waals surface area contributed by atoms with Crippen molar-refractivity contribution in [2.75, 3.05) is 43.2 Å². The van der Waals surface area contributed by atoms with Crippen molar-refractivity contribution >= 4 is 35.9 Å². The van der Waals surface area contributed by atoms with E-state index in [1.54, 1.807) is 31.4 Å². The van der Waals surface area contributed by atoms with E-state index in [-0.39, 0.29) is 29.3 Å². The molecule has 9 nitrogen and oxygen atoms in total. The molecule has 32 heavy (non-hydrogen) atoms. The maximum absolute atomic E-state index is 12.0. The summed E-state index contributed by atoms with van der Waals surface area (Å²) in [4.78, 5) is 24.6. The van der Waals surface area contributed by atoms with E-state index in [1.807, 2.05) is 25.8 Å². The van der Waals surface area contributed by atoms with Crippen LogP contribution in [0.3, 0.4) is 0 Å². The van der Waals surface area contributed by atoms with Crippen LogP contribution in [0.2, 0.25) is 0 Å². The van der Waals surface area contributed by atoms with Gasteiger partial charge in [-0.1, -0.05) is 20.8 Å². The number of carbonyl (C=O) groups excluding carboxylic acids is 1. The first kappa shape index (κ1) is 25.2. The maximum atomic E-state index is 12.0. The van der Waals surface area contributed by atoms with Gasteiger partial charge in [-0.3, -0.25) is 14.9 Å². The van der Waals surface area contributed by atoms with Gasteiger partial charge in [-0.2, -0.15) is 0 Å². The summed E-state index contributed by atoms with van der Waals surface area (Å²) in [6.07, 6.45) is 0.697. The van der Waals surface area contributed by atoms with E-state index in [4.69, 9.17) is 4.74 Å². The average molecular weight is 465 g/mol. The van der Waals surface area contributed by atoms with Crippen molar-refractivity contribution in [1.29, 1.82) is 0 Å². The zero-order chi connectivity index (χ0) is 22.8. The number of nitro groups is 1. The summed E-state index contributed by atoms with van der Waals surface area (Å²) in [5.41, 5.74) is 1.68. The second kappa shape index (κ2) is 10.1. The Hall–Kier alpha value is -3.04. The van der Waals surface area contributed by atoms with Crippen molar-refractivity contribution < 1.29 is 19.6 Å². The predicted octanol–water partition coefficient (Wildman–Crippen LogP) is 3.73. The number of carbonyl (C=O) groups is 1. The molecular formula is C22H29ClN4O5. The molecule has 0 spiro atoms. The molecule has 0 atom stereocenters. The van der Waals surface area contributed by atoms with Gasteiger partial charge in [0, 0.05) is 55.6 Å². The van der Waals surface area contributed by atoms with Crippen molar-refractivity contribution in [3.05, 3.63) is 52.1 Å². The van der Waals surface area contributed by atoms with Gasteiger partial charge in [-0.25, -0.2) is 10.0 Å². The van der Waals surface area contributed by atoms with Gasteiger partial charge in [0.1, 0.15) is 17.2 Å². The Kier molecular flexibility index (Phi) is 7.92. The Morgan fingerprint density at radius 2 is 1.72 bits per heavy atom. The number of halogens is 1. The summed E-state index contributed by atoms with van der Waals surface area (Å²) in [5, 5.41) is 25.1. The summed E-state index contributed by atoms with van der Waals surface area (Å²) < 4.78 is 5.40. The average Bonchev–Trinajstić information content (AvgIpc) is 2.75. The van der Waals surface area contributed by atoms with Gasteiger partial charge in [0.05, 0.1) is 12.0 Å². The molecule has 0 unspecified atom stereocenters. The third kappa shape index (κ3) is 5.23. The van der Waals surface area contributed by atoms with Crippen LogP contribution < -0.4 is 14.6 Å². The lowest BCUT2D eigenvalue weighted by Gasteiger charge is -2.40. The molecule has 0 saturated carbocycles. The number of piperazine rings is 1. The largest absolute Gasteiger partial charge is 0.505 e. The van der Waals surface area contributed by atoms with Crippen LogP contribution in [-0.4, -0.2) is 54.7 Å². The van der Waals surface area contributed by atoms with Gasteiger partial charge in [-0.15, -0.1) is 12.4 Å². The highest BCUT2D eigenvalue weighted by Crippen LogP contribution is 2.41. The number of methoxy groups -OCH3 is 1. The number of hydrogen-bond acceptors (Lipinski definition) is 7. The lowest BCUT2D eigenvalue weighted by atomic mass is 9.85. The van der Waals surface area contributed by atoms with E-state index in [0.29, 0.717) is 49.6 Å². The molecule has 2 aromatic rings. The molecule has 1 N–H and O–H groups in total. The number of nitro benzene ring substituents is 1. The van der Waals surface area contributed by atoms with Crippen molar-refractivity contribution in [3.63, 3.8) is 0 Å². The van der Waals surface area contributed by atoms with Gasteiger partial charge < -0.3 is 14.7 Å². The third-order valence-corrected chi connectivity index (χ3v) is 5.44. The Bertz CT molecular complexity index is 954. The van der Waals surface area contributed by atoms with E-state index >= 15 is 0 Å². The first-order valence-corrected chi connectivity index (χ1v) is 10.1. The molecule has 0 aliphatic carbocycles. The molecule has 1 amide bonds. The van der Waals surface area contributed by atoms with E-state index in [9.17, 15) is 20.0 Å². The zero-order valence-electron chi connectivity index (χ0n) is 18.6. The predicted molar refractivity (Wildman–Crippen MR) is 126 cm³/mol. The highest BCUT2D eigenvalue weighted by Gasteiger charge is 2.28. The van der Waals surface area contributed by atoms with Crippen LogP contribution in [0.25, 0.3) is 0 Å². The number of non-ortho nitro benzene ring substituents is 1. The molecule has 0 aromatic heterocycles. The number of anilines is 2. The number of hydrazine groups is 1. The zero-order valence-corrected chi connectivity index (χ0v) is 19.5. The molecule has 1 aliphatic heterocycles. The van der Waals surface area contributed by atoms with E-state index in [0.717, 1.165) is 5.69 Å². The minimum Gasteiger partial charge on any atom is -0.505 e. The molecule has 3 rings (SSSR count). The number of rotatable bonds is 6. The smallest absolute Gasteiger partial charge is 0.269 e. The van der Waals surface area contributed by atoms with Crippen LogP contribution in [-0.2, 0) is 10.2 Å². The summed E-state index contributed by atoms with van der Waals surface area (Å²) in [6.45, 7) is 8.28. The SMILES string of the molecule is COc1cc(N(C=O)N2CCN(c3ccc([N+](=O)[O-])cc3)CC2)c(O)c(C(C)(C)C)c1.Cl. The summed E-state index contributed by atoms with van der Waals surface area (Å²) in [7, 11) is 1.55. The lowest BCUT2D eigenvalue weighted by Crippen LogP contribution is -2.53. The number of ether oxygens (including phenoxy) is 1. The van der Waals surface area contributed by atoms with Gasteiger partial charge in [0.15, 0.2) is 0 Å². The van der Waals surface area contributed by atoms with Crippen molar-refractivity contribution in [1.82, 2.24) is 5.01 Å². The minimum atomic E-state index is -0.421. The summed E-state index contributed by atoms with van der Waals surface area (Å²) >= 11 is 0. The maximum Gasteiger partial charge on any atom is 0.269 e.